The summed E-state index contributed by atoms with van der Waals surface area (Å²) in [6.45, 7) is 0.963. The molecule has 19 heavy (non-hydrogen) atoms. The topological polar surface area (TPSA) is 50.4 Å². The third-order valence-corrected chi connectivity index (χ3v) is 3.93. The van der Waals surface area contributed by atoms with Gasteiger partial charge in [0.1, 0.15) is 0 Å². The molecule has 1 aliphatic carbocycles. The van der Waals surface area contributed by atoms with Crippen LogP contribution in [-0.2, 0) is 0 Å². The van der Waals surface area contributed by atoms with E-state index in [0.29, 0.717) is 5.96 Å². The van der Waals surface area contributed by atoms with E-state index in [1.807, 2.05) is 0 Å². The minimum atomic E-state index is 0. The Morgan fingerprint density at radius 3 is 2.42 bits per heavy atom. The summed E-state index contributed by atoms with van der Waals surface area (Å²) in [5.74, 6) is 2.05. The van der Waals surface area contributed by atoms with Crippen LogP contribution in [-0.4, -0.2) is 19.6 Å². The Balaban J connectivity index is 0.00000180. The molecule has 2 rings (SSSR count). The number of benzene rings is 1. The van der Waals surface area contributed by atoms with Crippen LogP contribution in [0.5, 0.6) is 0 Å². The van der Waals surface area contributed by atoms with Crippen LogP contribution < -0.4 is 11.1 Å². The van der Waals surface area contributed by atoms with Gasteiger partial charge in [-0.25, -0.2) is 0 Å². The first-order valence-electron chi connectivity index (χ1n) is 6.80. The Labute approximate surface area is 133 Å². The Kier molecular flexibility index (Phi) is 7.20. The molecule has 0 aromatic heterocycles. The maximum atomic E-state index is 5.65. The molecule has 1 aromatic carbocycles. The molecule has 0 radical (unpaired) electrons. The van der Waals surface area contributed by atoms with Gasteiger partial charge in [0, 0.05) is 13.6 Å². The number of nitrogens with two attached hydrogens (primary N) is 1. The molecule has 106 valence electrons. The van der Waals surface area contributed by atoms with E-state index in [0.717, 1.165) is 18.4 Å². The number of nitrogens with zero attached hydrogens (tertiary/aromatic N) is 1. The summed E-state index contributed by atoms with van der Waals surface area (Å²) >= 11 is 0. The molecule has 0 atom stereocenters. The van der Waals surface area contributed by atoms with Crippen molar-refractivity contribution >= 4 is 29.9 Å². The minimum absolute atomic E-state index is 0. The van der Waals surface area contributed by atoms with Crippen LogP contribution in [0.15, 0.2) is 35.3 Å². The lowest BCUT2D eigenvalue weighted by atomic mass is 9.79. The third kappa shape index (κ3) is 5.01. The minimum Gasteiger partial charge on any atom is -0.370 e. The molecule has 0 saturated heterocycles. The smallest absolute Gasteiger partial charge is 0.188 e. The first-order valence-corrected chi connectivity index (χ1v) is 6.80. The van der Waals surface area contributed by atoms with Crippen LogP contribution in [0.4, 0.5) is 0 Å². The van der Waals surface area contributed by atoms with Gasteiger partial charge in [-0.15, -0.1) is 24.0 Å². The quantitative estimate of drug-likeness (QED) is 0.486. The lowest BCUT2D eigenvalue weighted by molar-refractivity contribution is 0.325. The maximum Gasteiger partial charge on any atom is 0.188 e. The average molecular weight is 373 g/mol. The Bertz CT molecular complexity index is 384. The predicted molar refractivity (Wildman–Crippen MR) is 92.1 cm³/mol. The zero-order valence-electron chi connectivity index (χ0n) is 11.5. The van der Waals surface area contributed by atoms with E-state index in [9.17, 15) is 0 Å². The fourth-order valence-corrected chi connectivity index (χ4v) is 2.75. The molecule has 1 aliphatic rings. The van der Waals surface area contributed by atoms with Crippen molar-refractivity contribution in [3.8, 4) is 0 Å². The lowest BCUT2D eigenvalue weighted by Crippen LogP contribution is -2.36. The van der Waals surface area contributed by atoms with Crippen LogP contribution in [0.3, 0.4) is 0 Å². The van der Waals surface area contributed by atoms with Gasteiger partial charge in [-0.3, -0.25) is 4.99 Å². The molecule has 0 spiro atoms. The molecule has 3 N–H and O–H groups in total. The van der Waals surface area contributed by atoms with E-state index in [2.05, 4.69) is 40.6 Å². The highest BCUT2D eigenvalue weighted by Crippen LogP contribution is 2.35. The van der Waals surface area contributed by atoms with Gasteiger partial charge in [0.05, 0.1) is 0 Å². The molecule has 0 unspecified atom stereocenters. The highest BCUT2D eigenvalue weighted by Gasteiger charge is 2.21. The molecular formula is C15H24IN3. The van der Waals surface area contributed by atoms with E-state index in [-0.39, 0.29) is 24.0 Å². The van der Waals surface area contributed by atoms with Gasteiger partial charge in [0.15, 0.2) is 5.96 Å². The summed E-state index contributed by atoms with van der Waals surface area (Å²) in [6.07, 6.45) is 5.15. The molecule has 4 heteroatoms. The maximum absolute atomic E-state index is 5.65. The summed E-state index contributed by atoms with van der Waals surface area (Å²) in [5, 5.41) is 3.18. The molecule has 0 bridgehead atoms. The van der Waals surface area contributed by atoms with Gasteiger partial charge in [0.2, 0.25) is 0 Å². The van der Waals surface area contributed by atoms with Crippen LogP contribution in [0.1, 0.15) is 37.2 Å². The van der Waals surface area contributed by atoms with Crippen molar-refractivity contribution in [2.24, 2.45) is 16.6 Å². The number of nitrogens with one attached hydrogen (secondary N) is 1. The highest BCUT2D eigenvalue weighted by atomic mass is 127. The summed E-state index contributed by atoms with van der Waals surface area (Å²) < 4.78 is 0. The summed E-state index contributed by atoms with van der Waals surface area (Å²) in [5.41, 5.74) is 7.15. The standard InChI is InChI=1S/C15H23N3.HI/c1-17-15(16)18-11-12-7-9-14(10-8-12)13-5-3-2-4-6-13;/h2-6,12,14H,7-11H2,1H3,(H3,16,17,18);1H. The Morgan fingerprint density at radius 1 is 1.21 bits per heavy atom. The second-order valence-corrected chi connectivity index (χ2v) is 5.12. The summed E-state index contributed by atoms with van der Waals surface area (Å²) in [6, 6.07) is 10.9. The normalized spacial score (nSPS) is 23.5. The van der Waals surface area contributed by atoms with Gasteiger partial charge in [-0.2, -0.15) is 0 Å². The van der Waals surface area contributed by atoms with E-state index >= 15 is 0 Å². The summed E-state index contributed by atoms with van der Waals surface area (Å²) in [4.78, 5) is 3.92. The molecule has 3 nitrogen and oxygen atoms in total. The number of aliphatic imine (C=N–C) groups is 1. The largest absolute Gasteiger partial charge is 0.370 e. The molecule has 1 fully saturated rings. The number of halogens is 1. The lowest BCUT2D eigenvalue weighted by Gasteiger charge is -2.29. The summed E-state index contributed by atoms with van der Waals surface area (Å²) in [7, 11) is 1.72. The molecule has 0 amide bonds. The Morgan fingerprint density at radius 2 is 1.84 bits per heavy atom. The van der Waals surface area contributed by atoms with Crippen LogP contribution in [0, 0.1) is 5.92 Å². The molecule has 0 aliphatic heterocycles. The van der Waals surface area contributed by atoms with Gasteiger partial charge >= 0.3 is 0 Å². The van der Waals surface area contributed by atoms with Crippen molar-refractivity contribution in [3.63, 3.8) is 0 Å². The van der Waals surface area contributed by atoms with Gasteiger partial charge < -0.3 is 11.1 Å². The zero-order chi connectivity index (χ0) is 12.8. The molecule has 1 saturated carbocycles. The van der Waals surface area contributed by atoms with E-state index in [4.69, 9.17) is 5.73 Å². The SMILES string of the molecule is CN=C(N)NCC1CCC(c2ccccc2)CC1.I. The van der Waals surface area contributed by atoms with Crippen molar-refractivity contribution in [1.82, 2.24) is 5.32 Å². The Hall–Kier alpha value is -0.780. The van der Waals surface area contributed by atoms with Crippen LogP contribution in [0.2, 0.25) is 0 Å². The van der Waals surface area contributed by atoms with Gasteiger partial charge in [0.25, 0.3) is 0 Å². The van der Waals surface area contributed by atoms with Crippen molar-refractivity contribution < 1.29 is 0 Å². The van der Waals surface area contributed by atoms with Crippen molar-refractivity contribution in [1.29, 1.82) is 0 Å². The first-order chi connectivity index (χ1) is 8.79. The fourth-order valence-electron chi connectivity index (χ4n) is 2.75. The van der Waals surface area contributed by atoms with E-state index < -0.39 is 0 Å². The average Bonchev–Trinajstić information content (AvgIpc) is 2.46. The van der Waals surface area contributed by atoms with Crippen LogP contribution >= 0.6 is 24.0 Å². The molecule has 1 aromatic rings. The fraction of sp³-hybridized carbons (Fsp3) is 0.533. The van der Waals surface area contributed by atoms with Gasteiger partial charge in [-0.05, 0) is 43.1 Å². The number of hydrogen-bond donors (Lipinski definition) is 2. The number of rotatable bonds is 3. The van der Waals surface area contributed by atoms with Crippen molar-refractivity contribution in [2.75, 3.05) is 13.6 Å². The molecule has 0 heterocycles. The predicted octanol–water partition coefficient (Wildman–Crippen LogP) is 3.11. The van der Waals surface area contributed by atoms with Crippen molar-refractivity contribution in [2.45, 2.75) is 31.6 Å². The van der Waals surface area contributed by atoms with E-state index in [1.165, 1.54) is 31.2 Å². The zero-order valence-corrected chi connectivity index (χ0v) is 13.8. The molecular weight excluding hydrogens is 349 g/mol. The van der Waals surface area contributed by atoms with E-state index in [1.54, 1.807) is 7.05 Å². The number of guanidine groups is 1. The van der Waals surface area contributed by atoms with Gasteiger partial charge in [-0.1, -0.05) is 30.3 Å². The van der Waals surface area contributed by atoms with Crippen LogP contribution in [0.25, 0.3) is 0 Å². The monoisotopic (exact) mass is 373 g/mol. The third-order valence-electron chi connectivity index (χ3n) is 3.93. The van der Waals surface area contributed by atoms with Crippen molar-refractivity contribution in [3.05, 3.63) is 35.9 Å². The highest BCUT2D eigenvalue weighted by molar-refractivity contribution is 14.0. The second kappa shape index (κ2) is 8.40. The number of hydrogen-bond acceptors (Lipinski definition) is 1. The second-order valence-electron chi connectivity index (χ2n) is 5.12. The first kappa shape index (κ1) is 16.3.